The van der Waals surface area contributed by atoms with Crippen molar-refractivity contribution in [3.8, 4) is 11.1 Å². The third-order valence-electron chi connectivity index (χ3n) is 4.03. The molecule has 24 heavy (non-hydrogen) atoms. The lowest BCUT2D eigenvalue weighted by Gasteiger charge is -2.31. The smallest absolute Gasteiger partial charge is 0.265 e. The summed E-state index contributed by atoms with van der Waals surface area (Å²) < 4.78 is 27.2. The van der Waals surface area contributed by atoms with Gasteiger partial charge in [-0.2, -0.15) is 0 Å². The standard InChI is InChI=1S/C18H20N2O3S/c1-3-10-19-18(21)12-20-16-9-8-13(2)11-15(16)14-6-4-5-7-17(14)24(20,22)23/h4-9,11H,3,10,12H2,1-2H3,(H,19,21). The second kappa shape index (κ2) is 6.28. The van der Waals surface area contributed by atoms with Crippen LogP contribution in [0, 0.1) is 6.92 Å². The number of aryl methyl sites for hydroxylation is 1. The molecule has 0 spiro atoms. The Bertz CT molecular complexity index is 891. The lowest BCUT2D eigenvalue weighted by Crippen LogP contribution is -2.42. The van der Waals surface area contributed by atoms with E-state index in [9.17, 15) is 13.2 Å². The Morgan fingerprint density at radius 2 is 1.88 bits per heavy atom. The Morgan fingerprint density at radius 1 is 1.12 bits per heavy atom. The topological polar surface area (TPSA) is 66.5 Å². The van der Waals surface area contributed by atoms with Crippen LogP contribution in [-0.2, 0) is 14.8 Å². The molecular weight excluding hydrogens is 324 g/mol. The van der Waals surface area contributed by atoms with E-state index in [1.54, 1.807) is 24.3 Å². The highest BCUT2D eigenvalue weighted by Crippen LogP contribution is 2.43. The summed E-state index contributed by atoms with van der Waals surface area (Å²) in [7, 11) is -3.76. The lowest BCUT2D eigenvalue weighted by atomic mass is 10.0. The van der Waals surface area contributed by atoms with Crippen molar-refractivity contribution in [3.63, 3.8) is 0 Å². The second-order valence-corrected chi connectivity index (χ2v) is 7.71. The van der Waals surface area contributed by atoms with Crippen LogP contribution in [0.25, 0.3) is 11.1 Å². The van der Waals surface area contributed by atoms with Crippen LogP contribution in [0.2, 0.25) is 0 Å². The number of carbonyl (C=O) groups excluding carboxylic acids is 1. The fourth-order valence-electron chi connectivity index (χ4n) is 2.87. The summed E-state index contributed by atoms with van der Waals surface area (Å²) in [5.41, 5.74) is 3.11. The largest absolute Gasteiger partial charge is 0.355 e. The molecule has 1 heterocycles. The molecule has 1 N–H and O–H groups in total. The Morgan fingerprint density at radius 3 is 2.62 bits per heavy atom. The predicted molar refractivity (Wildman–Crippen MR) is 94.4 cm³/mol. The van der Waals surface area contributed by atoms with Crippen molar-refractivity contribution in [2.75, 3.05) is 17.4 Å². The first-order valence-electron chi connectivity index (χ1n) is 7.94. The number of hydrogen-bond acceptors (Lipinski definition) is 3. The first-order chi connectivity index (χ1) is 11.4. The molecule has 1 aliphatic heterocycles. The van der Waals surface area contributed by atoms with Gasteiger partial charge in [0.05, 0.1) is 10.6 Å². The maximum absolute atomic E-state index is 13.0. The molecule has 0 fully saturated rings. The van der Waals surface area contributed by atoms with Crippen LogP contribution in [0.4, 0.5) is 5.69 Å². The van der Waals surface area contributed by atoms with Gasteiger partial charge >= 0.3 is 0 Å². The van der Waals surface area contributed by atoms with Gasteiger partial charge in [0.15, 0.2) is 0 Å². The summed E-state index contributed by atoms with van der Waals surface area (Å²) in [6.07, 6.45) is 0.803. The summed E-state index contributed by atoms with van der Waals surface area (Å²) in [5, 5.41) is 2.74. The van der Waals surface area contributed by atoms with Crippen LogP contribution in [0.1, 0.15) is 18.9 Å². The average molecular weight is 344 g/mol. The Labute approximate surface area is 142 Å². The molecular formula is C18H20N2O3S. The molecule has 0 saturated carbocycles. The van der Waals surface area contributed by atoms with Crippen molar-refractivity contribution < 1.29 is 13.2 Å². The van der Waals surface area contributed by atoms with Gasteiger partial charge in [-0.25, -0.2) is 8.42 Å². The molecule has 0 aromatic heterocycles. The van der Waals surface area contributed by atoms with Crippen LogP contribution in [0.15, 0.2) is 47.4 Å². The van der Waals surface area contributed by atoms with E-state index in [0.717, 1.165) is 17.5 Å². The zero-order valence-electron chi connectivity index (χ0n) is 13.7. The summed E-state index contributed by atoms with van der Waals surface area (Å²) in [6.45, 7) is 4.23. The van der Waals surface area contributed by atoms with Crippen molar-refractivity contribution in [1.29, 1.82) is 0 Å². The van der Waals surface area contributed by atoms with Gasteiger partial charge in [-0.1, -0.05) is 36.8 Å². The third-order valence-corrected chi connectivity index (χ3v) is 5.84. The number of anilines is 1. The van der Waals surface area contributed by atoms with E-state index in [0.29, 0.717) is 17.8 Å². The molecule has 5 nitrogen and oxygen atoms in total. The fraction of sp³-hybridized carbons (Fsp3) is 0.278. The molecule has 0 aliphatic carbocycles. The minimum Gasteiger partial charge on any atom is -0.355 e. The van der Waals surface area contributed by atoms with Gasteiger partial charge in [0.2, 0.25) is 5.91 Å². The number of carbonyl (C=O) groups is 1. The normalized spacial score (nSPS) is 14.7. The minimum absolute atomic E-state index is 0.216. The van der Waals surface area contributed by atoms with Gasteiger partial charge in [-0.15, -0.1) is 0 Å². The summed E-state index contributed by atoms with van der Waals surface area (Å²) in [5.74, 6) is -0.300. The number of amides is 1. The van der Waals surface area contributed by atoms with Crippen molar-refractivity contribution in [2.24, 2.45) is 0 Å². The Hall–Kier alpha value is -2.34. The number of nitrogens with one attached hydrogen (secondary N) is 1. The predicted octanol–water partition coefficient (Wildman–Crippen LogP) is 2.70. The zero-order chi connectivity index (χ0) is 17.3. The van der Waals surface area contributed by atoms with Gasteiger partial charge in [0, 0.05) is 17.7 Å². The molecule has 1 amide bonds. The van der Waals surface area contributed by atoms with Gasteiger partial charge in [-0.05, 0) is 31.5 Å². The molecule has 0 unspecified atom stereocenters. The molecule has 2 aromatic carbocycles. The van der Waals surface area contributed by atoms with Crippen LogP contribution in [0.3, 0.4) is 0 Å². The number of nitrogens with zero attached hydrogens (tertiary/aromatic N) is 1. The highest BCUT2D eigenvalue weighted by atomic mass is 32.2. The van der Waals surface area contributed by atoms with Crippen molar-refractivity contribution in [1.82, 2.24) is 5.32 Å². The van der Waals surface area contributed by atoms with Crippen molar-refractivity contribution in [2.45, 2.75) is 25.2 Å². The maximum atomic E-state index is 13.0. The monoisotopic (exact) mass is 344 g/mol. The minimum atomic E-state index is -3.76. The molecule has 0 bridgehead atoms. The van der Waals surface area contributed by atoms with E-state index in [2.05, 4.69) is 5.32 Å². The number of sulfonamides is 1. The first-order valence-corrected chi connectivity index (χ1v) is 9.38. The van der Waals surface area contributed by atoms with Crippen molar-refractivity contribution in [3.05, 3.63) is 48.0 Å². The van der Waals surface area contributed by atoms with Gasteiger partial charge < -0.3 is 5.32 Å². The zero-order valence-corrected chi connectivity index (χ0v) is 14.6. The Kier molecular flexibility index (Phi) is 4.32. The lowest BCUT2D eigenvalue weighted by molar-refractivity contribution is -0.119. The van der Waals surface area contributed by atoms with E-state index in [4.69, 9.17) is 0 Å². The number of hydrogen-bond donors (Lipinski definition) is 1. The number of fused-ring (bicyclic) bond motifs is 3. The van der Waals surface area contributed by atoms with E-state index >= 15 is 0 Å². The molecule has 3 rings (SSSR count). The first kappa shape index (κ1) is 16.5. The highest BCUT2D eigenvalue weighted by molar-refractivity contribution is 7.93. The van der Waals surface area contributed by atoms with E-state index < -0.39 is 10.0 Å². The molecule has 0 atom stereocenters. The van der Waals surface area contributed by atoms with Crippen LogP contribution >= 0.6 is 0 Å². The van der Waals surface area contributed by atoms with Crippen LogP contribution < -0.4 is 9.62 Å². The molecule has 6 heteroatoms. The van der Waals surface area contributed by atoms with Crippen LogP contribution in [-0.4, -0.2) is 27.4 Å². The SMILES string of the molecule is CCCNC(=O)CN1c2ccc(C)cc2-c2ccccc2S1(=O)=O. The van der Waals surface area contributed by atoms with E-state index in [-0.39, 0.29) is 17.3 Å². The Balaban J connectivity index is 2.12. The third kappa shape index (κ3) is 2.78. The quantitative estimate of drug-likeness (QED) is 0.927. The summed E-state index contributed by atoms with van der Waals surface area (Å²) in [4.78, 5) is 12.4. The molecule has 0 radical (unpaired) electrons. The summed E-state index contributed by atoms with van der Waals surface area (Å²) in [6, 6.07) is 12.5. The van der Waals surface area contributed by atoms with Crippen LogP contribution in [0.5, 0.6) is 0 Å². The van der Waals surface area contributed by atoms with E-state index in [1.165, 1.54) is 4.31 Å². The summed E-state index contributed by atoms with van der Waals surface area (Å²) >= 11 is 0. The number of benzene rings is 2. The molecule has 126 valence electrons. The molecule has 1 aliphatic rings. The van der Waals surface area contributed by atoms with E-state index in [1.807, 2.05) is 32.0 Å². The van der Waals surface area contributed by atoms with Crippen molar-refractivity contribution >= 4 is 21.6 Å². The maximum Gasteiger partial charge on any atom is 0.265 e. The second-order valence-electron chi connectivity index (χ2n) is 5.88. The van der Waals surface area contributed by atoms with Gasteiger partial charge in [0.25, 0.3) is 10.0 Å². The average Bonchev–Trinajstić information content (AvgIpc) is 2.57. The van der Waals surface area contributed by atoms with Gasteiger partial charge in [0.1, 0.15) is 6.54 Å². The number of rotatable bonds is 4. The van der Waals surface area contributed by atoms with Gasteiger partial charge in [-0.3, -0.25) is 9.10 Å². The highest BCUT2D eigenvalue weighted by Gasteiger charge is 2.35. The molecule has 0 saturated heterocycles. The molecule has 2 aromatic rings. The fourth-order valence-corrected chi connectivity index (χ4v) is 4.52.